The van der Waals surface area contributed by atoms with Crippen molar-refractivity contribution in [3.05, 3.63) is 29.8 Å². The average Bonchev–Trinajstić information content (AvgIpc) is 2.37. The highest BCUT2D eigenvalue weighted by molar-refractivity contribution is 5.92. The quantitative estimate of drug-likeness (QED) is 0.848. The number of anilines is 1. The number of nitrogens with one attached hydrogen (secondary N) is 1. The second-order valence-electron chi connectivity index (χ2n) is 5.32. The van der Waals surface area contributed by atoms with Gasteiger partial charge in [0.2, 0.25) is 5.91 Å². The summed E-state index contributed by atoms with van der Waals surface area (Å²) in [6.45, 7) is 5.59. The number of carbonyl (C=O) groups excluding carboxylic acids is 1. The Morgan fingerprint density at radius 2 is 1.95 bits per heavy atom. The van der Waals surface area contributed by atoms with Gasteiger partial charge in [-0.25, -0.2) is 0 Å². The van der Waals surface area contributed by atoms with E-state index in [-0.39, 0.29) is 5.91 Å². The van der Waals surface area contributed by atoms with Crippen molar-refractivity contribution in [1.82, 2.24) is 4.90 Å². The Labute approximate surface area is 114 Å². The molecule has 0 aromatic heterocycles. The molecule has 1 fully saturated rings. The molecule has 2 rings (SSSR count). The van der Waals surface area contributed by atoms with Crippen LogP contribution >= 0.6 is 0 Å². The number of carbonyl (C=O) groups is 1. The molecule has 1 heterocycles. The fourth-order valence-corrected chi connectivity index (χ4v) is 2.35. The maximum Gasteiger partial charge on any atom is 0.238 e. The summed E-state index contributed by atoms with van der Waals surface area (Å²) in [5, 5.41) is 12.8. The first-order valence-electron chi connectivity index (χ1n) is 6.88. The van der Waals surface area contributed by atoms with Crippen LogP contribution in [0.1, 0.15) is 25.8 Å². The Balaban J connectivity index is 1.78. The van der Waals surface area contributed by atoms with Crippen LogP contribution < -0.4 is 5.32 Å². The van der Waals surface area contributed by atoms with Gasteiger partial charge in [0.05, 0.1) is 12.1 Å². The average molecular weight is 262 g/mol. The first-order chi connectivity index (χ1) is 9.04. The summed E-state index contributed by atoms with van der Waals surface area (Å²) < 4.78 is 0. The molecule has 0 radical (unpaired) electrons. The molecule has 2 N–H and O–H groups in total. The Hall–Kier alpha value is -1.39. The second kappa shape index (κ2) is 5.72. The number of rotatable bonds is 5. The molecule has 0 unspecified atom stereocenters. The number of benzene rings is 1. The van der Waals surface area contributed by atoms with Gasteiger partial charge < -0.3 is 10.4 Å². The Morgan fingerprint density at radius 1 is 1.32 bits per heavy atom. The minimum Gasteiger partial charge on any atom is -0.387 e. The van der Waals surface area contributed by atoms with E-state index in [0.717, 1.165) is 18.5 Å². The SMILES string of the molecule is CCc1ccc(NC(=O)CN2CC(O)(CC)C2)cc1. The van der Waals surface area contributed by atoms with E-state index in [9.17, 15) is 9.90 Å². The lowest BCUT2D eigenvalue weighted by molar-refractivity contribution is -0.128. The summed E-state index contributed by atoms with van der Waals surface area (Å²) in [5.41, 5.74) is 1.51. The van der Waals surface area contributed by atoms with Gasteiger partial charge in [-0.1, -0.05) is 26.0 Å². The van der Waals surface area contributed by atoms with E-state index in [0.29, 0.717) is 19.6 Å². The van der Waals surface area contributed by atoms with Gasteiger partial charge in [0.1, 0.15) is 0 Å². The van der Waals surface area contributed by atoms with Crippen LogP contribution in [0, 0.1) is 0 Å². The van der Waals surface area contributed by atoms with Crippen LogP contribution in [-0.4, -0.2) is 41.1 Å². The van der Waals surface area contributed by atoms with Crippen molar-refractivity contribution in [3.8, 4) is 0 Å². The van der Waals surface area contributed by atoms with Gasteiger partial charge in [0.15, 0.2) is 0 Å². The van der Waals surface area contributed by atoms with Crippen LogP contribution in [0.4, 0.5) is 5.69 Å². The standard InChI is InChI=1S/C15H22N2O2/c1-3-12-5-7-13(8-6-12)16-14(18)9-17-10-15(19,4-2)11-17/h5-8,19H,3-4,9-11H2,1-2H3,(H,16,18). The van der Waals surface area contributed by atoms with Crippen molar-refractivity contribution < 1.29 is 9.90 Å². The predicted octanol–water partition coefficient (Wildman–Crippen LogP) is 1.64. The Morgan fingerprint density at radius 3 is 2.47 bits per heavy atom. The van der Waals surface area contributed by atoms with E-state index in [4.69, 9.17) is 0 Å². The summed E-state index contributed by atoms with van der Waals surface area (Å²) in [7, 11) is 0. The van der Waals surface area contributed by atoms with Gasteiger partial charge in [-0.2, -0.15) is 0 Å². The summed E-state index contributed by atoms with van der Waals surface area (Å²) >= 11 is 0. The zero-order valence-electron chi connectivity index (χ0n) is 11.6. The molecule has 1 aliphatic rings. The Bertz CT molecular complexity index is 436. The van der Waals surface area contributed by atoms with Crippen molar-refractivity contribution in [3.63, 3.8) is 0 Å². The number of likely N-dealkylation sites (tertiary alicyclic amines) is 1. The van der Waals surface area contributed by atoms with E-state index in [1.807, 2.05) is 36.1 Å². The van der Waals surface area contributed by atoms with Crippen molar-refractivity contribution in [2.24, 2.45) is 0 Å². The van der Waals surface area contributed by atoms with E-state index >= 15 is 0 Å². The molecule has 1 saturated heterocycles. The lowest BCUT2D eigenvalue weighted by Crippen LogP contribution is -2.62. The number of hydrogen-bond donors (Lipinski definition) is 2. The fourth-order valence-electron chi connectivity index (χ4n) is 2.35. The smallest absolute Gasteiger partial charge is 0.238 e. The number of nitrogens with zero attached hydrogens (tertiary/aromatic N) is 1. The lowest BCUT2D eigenvalue weighted by Gasteiger charge is -2.45. The van der Waals surface area contributed by atoms with Crippen LogP contribution in [0.3, 0.4) is 0 Å². The van der Waals surface area contributed by atoms with Crippen molar-refractivity contribution in [1.29, 1.82) is 0 Å². The number of aryl methyl sites for hydroxylation is 1. The molecule has 19 heavy (non-hydrogen) atoms. The Kier molecular flexibility index (Phi) is 4.22. The number of amides is 1. The molecule has 4 nitrogen and oxygen atoms in total. The topological polar surface area (TPSA) is 52.6 Å². The van der Waals surface area contributed by atoms with Crippen LogP contribution in [0.25, 0.3) is 0 Å². The zero-order chi connectivity index (χ0) is 13.9. The second-order valence-corrected chi connectivity index (χ2v) is 5.32. The first-order valence-corrected chi connectivity index (χ1v) is 6.88. The zero-order valence-corrected chi connectivity index (χ0v) is 11.6. The molecule has 1 aromatic carbocycles. The third-order valence-corrected chi connectivity index (χ3v) is 3.71. The van der Waals surface area contributed by atoms with Crippen molar-refractivity contribution in [2.75, 3.05) is 25.0 Å². The van der Waals surface area contributed by atoms with Gasteiger partial charge in [0, 0.05) is 18.8 Å². The first kappa shape index (κ1) is 14.0. The maximum absolute atomic E-state index is 11.8. The van der Waals surface area contributed by atoms with Gasteiger partial charge in [-0.15, -0.1) is 0 Å². The molecule has 104 valence electrons. The molecule has 0 aliphatic carbocycles. The highest BCUT2D eigenvalue weighted by atomic mass is 16.3. The maximum atomic E-state index is 11.8. The molecular weight excluding hydrogens is 240 g/mol. The molecule has 0 atom stereocenters. The van der Waals surface area contributed by atoms with E-state index in [1.165, 1.54) is 5.56 Å². The summed E-state index contributed by atoms with van der Waals surface area (Å²) in [4.78, 5) is 13.8. The molecule has 0 spiro atoms. The highest BCUT2D eigenvalue weighted by Gasteiger charge is 2.39. The van der Waals surface area contributed by atoms with Crippen LogP contribution in [0.15, 0.2) is 24.3 Å². The number of aliphatic hydroxyl groups is 1. The van der Waals surface area contributed by atoms with Gasteiger partial charge in [-0.3, -0.25) is 9.69 Å². The molecule has 1 aromatic rings. The summed E-state index contributed by atoms with van der Waals surface area (Å²) in [6.07, 6.45) is 1.74. The molecular formula is C15H22N2O2. The van der Waals surface area contributed by atoms with Gasteiger partial charge in [-0.05, 0) is 30.5 Å². The lowest BCUT2D eigenvalue weighted by atomic mass is 9.91. The van der Waals surface area contributed by atoms with Crippen LogP contribution in [-0.2, 0) is 11.2 Å². The van der Waals surface area contributed by atoms with Crippen molar-refractivity contribution >= 4 is 11.6 Å². The predicted molar refractivity (Wildman–Crippen MR) is 76.1 cm³/mol. The van der Waals surface area contributed by atoms with E-state index in [2.05, 4.69) is 12.2 Å². The fraction of sp³-hybridized carbons (Fsp3) is 0.533. The molecule has 0 saturated carbocycles. The molecule has 1 amide bonds. The van der Waals surface area contributed by atoms with Gasteiger partial charge in [0.25, 0.3) is 0 Å². The van der Waals surface area contributed by atoms with E-state index < -0.39 is 5.60 Å². The highest BCUT2D eigenvalue weighted by Crippen LogP contribution is 2.23. The third kappa shape index (κ3) is 3.55. The molecule has 1 aliphatic heterocycles. The summed E-state index contributed by atoms with van der Waals surface area (Å²) in [5.74, 6) is -0.0256. The van der Waals surface area contributed by atoms with Crippen molar-refractivity contribution in [2.45, 2.75) is 32.3 Å². The minimum absolute atomic E-state index is 0.0256. The molecule has 4 heteroatoms. The van der Waals surface area contributed by atoms with Gasteiger partial charge >= 0.3 is 0 Å². The van der Waals surface area contributed by atoms with E-state index in [1.54, 1.807) is 0 Å². The monoisotopic (exact) mass is 262 g/mol. The minimum atomic E-state index is -0.580. The normalized spacial score (nSPS) is 17.8. The third-order valence-electron chi connectivity index (χ3n) is 3.71. The number of hydrogen-bond acceptors (Lipinski definition) is 3. The summed E-state index contributed by atoms with van der Waals surface area (Å²) in [6, 6.07) is 7.90. The number of β-amino-alcohol motifs (C(OH)–C–C–N with tert-alkyl or cyclic N) is 1. The largest absolute Gasteiger partial charge is 0.387 e. The van der Waals surface area contributed by atoms with Crippen LogP contribution in [0.5, 0.6) is 0 Å². The van der Waals surface area contributed by atoms with Crippen LogP contribution in [0.2, 0.25) is 0 Å². The molecule has 0 bridgehead atoms.